The van der Waals surface area contributed by atoms with Gasteiger partial charge >= 0.3 is 6.09 Å². The number of carbonyl (C=O) groups excluding carboxylic acids is 6. The number of ketones is 4. The second kappa shape index (κ2) is 28.2. The lowest BCUT2D eigenvalue weighted by Crippen LogP contribution is -2.60. The van der Waals surface area contributed by atoms with Crippen LogP contribution in [-0.4, -0.2) is 143 Å². The van der Waals surface area contributed by atoms with Crippen LogP contribution in [0.3, 0.4) is 0 Å². The normalized spacial score (nSPS) is 28.5. The maximum Gasteiger partial charge on any atom is 0.407 e. The number of aliphatic hydroxyl groups is 4. The molecule has 16 heteroatoms. The summed E-state index contributed by atoms with van der Waals surface area (Å²) in [6.07, 6.45) is 11.6. The van der Waals surface area contributed by atoms with E-state index in [1.54, 1.807) is 59.1 Å². The van der Waals surface area contributed by atoms with Gasteiger partial charge in [-0.25, -0.2) is 4.79 Å². The first kappa shape index (κ1) is 59.4. The Kier molecular flexibility index (Phi) is 24.3. The first-order chi connectivity index (χ1) is 32.5. The highest BCUT2D eigenvalue weighted by atomic mass is 16.6. The minimum Gasteiger partial charge on any atom is -0.453 e. The number of nitrogens with zero attached hydrogens (tertiary/aromatic N) is 1. The molecule has 3 fully saturated rings. The summed E-state index contributed by atoms with van der Waals surface area (Å²) in [5.41, 5.74) is 1.14. The number of likely N-dealkylation sites (tertiary alicyclic amines) is 1. The zero-order chi connectivity index (χ0) is 51.7. The molecule has 3 aliphatic rings. The van der Waals surface area contributed by atoms with Crippen molar-refractivity contribution in [3.8, 4) is 0 Å². The Morgan fingerprint density at radius 2 is 1.58 bits per heavy atom. The molecule has 0 spiro atoms. The van der Waals surface area contributed by atoms with E-state index in [1.165, 1.54) is 26.0 Å². The summed E-state index contributed by atoms with van der Waals surface area (Å²) in [4.78, 5) is 79.8. The van der Waals surface area contributed by atoms with Gasteiger partial charge in [0.1, 0.15) is 18.0 Å². The number of amides is 2. The fourth-order valence-corrected chi connectivity index (χ4v) is 10.0. The summed E-state index contributed by atoms with van der Waals surface area (Å²) in [7, 11) is 4.20. The van der Waals surface area contributed by atoms with E-state index in [-0.39, 0.29) is 60.6 Å². The number of methoxy groups -OCH3 is 3. The molecule has 69 heavy (non-hydrogen) atoms. The van der Waals surface area contributed by atoms with Gasteiger partial charge < -0.3 is 49.6 Å². The van der Waals surface area contributed by atoms with Crippen LogP contribution >= 0.6 is 0 Å². The third kappa shape index (κ3) is 17.1. The lowest BCUT2D eigenvalue weighted by atomic mass is 9.78. The number of rotatable bonds is 25. The van der Waals surface area contributed by atoms with Gasteiger partial charge in [0.2, 0.25) is 5.79 Å². The molecule has 0 unspecified atom stereocenters. The Hall–Kier alpha value is -3.90. The maximum absolute atomic E-state index is 13.6. The summed E-state index contributed by atoms with van der Waals surface area (Å²) < 4.78 is 21.8. The van der Waals surface area contributed by atoms with Crippen molar-refractivity contribution in [2.75, 3.05) is 27.9 Å². The number of Topliss-reactive ketones (excluding diaryl/α,β-unsaturated/α-hetero) is 4. The Morgan fingerprint density at radius 1 is 0.884 bits per heavy atom. The van der Waals surface area contributed by atoms with Crippen LogP contribution in [0, 0.1) is 35.5 Å². The number of nitrogens with one attached hydrogen (secondary N) is 1. The number of alkyl carbamates (subject to hydrolysis) is 1. The highest BCUT2D eigenvalue weighted by Gasteiger charge is 2.52. The van der Waals surface area contributed by atoms with E-state index in [4.69, 9.17) is 18.9 Å². The van der Waals surface area contributed by atoms with E-state index in [9.17, 15) is 49.2 Å². The van der Waals surface area contributed by atoms with E-state index in [2.05, 4.69) is 5.32 Å². The molecule has 5 N–H and O–H groups in total. The van der Waals surface area contributed by atoms with Crippen molar-refractivity contribution in [1.29, 1.82) is 0 Å². The fourth-order valence-electron chi connectivity index (χ4n) is 10.0. The molecule has 2 amide bonds. The van der Waals surface area contributed by atoms with Crippen LogP contribution in [0.1, 0.15) is 132 Å². The molecule has 2 saturated heterocycles. The van der Waals surface area contributed by atoms with Crippen LogP contribution in [0.15, 0.2) is 47.6 Å². The Labute approximate surface area is 410 Å². The molecule has 15 atom stereocenters. The van der Waals surface area contributed by atoms with Crippen LogP contribution < -0.4 is 5.32 Å². The zero-order valence-corrected chi connectivity index (χ0v) is 43.1. The number of piperidine rings is 1. The number of aliphatic hydroxyl groups excluding tert-OH is 3. The summed E-state index contributed by atoms with van der Waals surface area (Å²) in [5, 5.41) is 46.7. The smallest absolute Gasteiger partial charge is 0.407 e. The standard InChI is InChI=1S/C53H84N2O14/c1-31(25-35(5)47(60)49(67-10)48(61)36(6)26-33(3)44(58)30-45(59)34(4)27-39-21-23-43(57)46(28-39)66-9)17-13-12-14-18-32(2)41(54-52(64)68-11)29-40-22-20-37(7)53(65,69-40)50(62)51(63)55-24-16-15-19-42(55)38(8)56/h12-14,17-18,26,31,33-35,37,39-43,45-46,48-49,57,59,61,65H,15-16,19-25,27-30H2,1-11H3,(H,54,64)/t31-,33-,34-,35-,37-,39+,40+,41+,42+,43-,45+,46-,48-,49+,53-/m1/s1. The van der Waals surface area contributed by atoms with Crippen LogP contribution in [0.25, 0.3) is 0 Å². The van der Waals surface area contributed by atoms with Crippen LogP contribution in [-0.2, 0) is 42.9 Å². The molecular weight excluding hydrogens is 889 g/mol. The van der Waals surface area contributed by atoms with E-state index in [0.717, 1.165) is 24.8 Å². The highest BCUT2D eigenvalue weighted by molar-refractivity contribution is 6.39. The van der Waals surface area contributed by atoms with Crippen molar-refractivity contribution >= 4 is 35.1 Å². The van der Waals surface area contributed by atoms with Gasteiger partial charge in [-0.1, -0.05) is 76.6 Å². The molecule has 2 aliphatic heterocycles. The molecule has 0 aromatic heterocycles. The number of hydrogen-bond acceptors (Lipinski definition) is 14. The van der Waals surface area contributed by atoms with Crippen molar-refractivity contribution in [3.05, 3.63) is 47.6 Å². The predicted molar refractivity (Wildman–Crippen MR) is 260 cm³/mol. The molecule has 0 bridgehead atoms. The Morgan fingerprint density at radius 3 is 2.22 bits per heavy atom. The third-order valence-electron chi connectivity index (χ3n) is 14.7. The zero-order valence-electron chi connectivity index (χ0n) is 43.1. The molecule has 16 nitrogen and oxygen atoms in total. The molecule has 3 rings (SSSR count). The SMILES string of the molecule is COC(=O)N[C@@H](C[C@@H]1CC[C@@H](C)[C@](O)(C(=O)C(=O)N2CCCC[C@H]2C(C)=O)O1)C(C)=CC=CC=C[C@@H](C)C[C@@H](C)C(=O)[C@H](OC)[C@H](O)C(C)=C[C@@H](C)C(=O)C[C@H](O)[C@H](C)C[C@@H]1CC[C@@H](O)[C@H](OC)C1. The number of carbonyl (C=O) groups is 6. The van der Waals surface area contributed by atoms with E-state index in [0.29, 0.717) is 50.5 Å². The average Bonchev–Trinajstić information content (AvgIpc) is 3.32. The van der Waals surface area contributed by atoms with E-state index in [1.807, 2.05) is 32.9 Å². The van der Waals surface area contributed by atoms with Gasteiger partial charge in [-0.05, 0) is 115 Å². The van der Waals surface area contributed by atoms with Crippen molar-refractivity contribution in [3.63, 3.8) is 0 Å². The van der Waals surface area contributed by atoms with Crippen molar-refractivity contribution in [1.82, 2.24) is 10.2 Å². The second-order valence-corrected chi connectivity index (χ2v) is 20.3. The first-order valence-corrected chi connectivity index (χ1v) is 25.0. The first-order valence-electron chi connectivity index (χ1n) is 25.0. The molecule has 1 aliphatic carbocycles. The quantitative estimate of drug-likeness (QED) is 0.0406. The largest absolute Gasteiger partial charge is 0.453 e. The monoisotopic (exact) mass is 973 g/mol. The molecule has 0 aromatic rings. The number of hydrogen-bond donors (Lipinski definition) is 5. The van der Waals surface area contributed by atoms with Gasteiger partial charge in [-0.15, -0.1) is 0 Å². The molecule has 390 valence electrons. The Balaban J connectivity index is 1.57. The predicted octanol–water partition coefficient (Wildman–Crippen LogP) is 5.91. The molecule has 0 radical (unpaired) electrons. The fraction of sp³-hybridized carbons (Fsp3) is 0.736. The summed E-state index contributed by atoms with van der Waals surface area (Å²) >= 11 is 0. The van der Waals surface area contributed by atoms with E-state index >= 15 is 0 Å². The molecular formula is C53H84N2O14. The molecule has 0 aromatic carbocycles. The van der Waals surface area contributed by atoms with Gasteiger partial charge in [0.15, 0.2) is 11.6 Å². The lowest BCUT2D eigenvalue weighted by Gasteiger charge is -2.42. The minimum atomic E-state index is -2.40. The summed E-state index contributed by atoms with van der Waals surface area (Å²) in [6.45, 7) is 14.1. The van der Waals surface area contributed by atoms with Gasteiger partial charge in [0.25, 0.3) is 11.7 Å². The average molecular weight is 973 g/mol. The van der Waals surface area contributed by atoms with Crippen LogP contribution in [0.4, 0.5) is 4.79 Å². The Bertz CT molecular complexity index is 1860. The lowest BCUT2D eigenvalue weighted by molar-refractivity contribution is -0.264. The van der Waals surface area contributed by atoms with Crippen molar-refractivity contribution in [2.45, 2.75) is 187 Å². The topological polar surface area (TPSA) is 236 Å². The third-order valence-corrected chi connectivity index (χ3v) is 14.7. The second-order valence-electron chi connectivity index (χ2n) is 20.3. The van der Waals surface area contributed by atoms with E-state index < -0.39 is 83.9 Å². The molecule has 2 heterocycles. The highest BCUT2D eigenvalue weighted by Crippen LogP contribution is 2.37. The van der Waals surface area contributed by atoms with Gasteiger partial charge in [-0.3, -0.25) is 24.0 Å². The minimum absolute atomic E-state index is 0.0415. The van der Waals surface area contributed by atoms with Crippen molar-refractivity contribution in [2.24, 2.45) is 35.5 Å². The summed E-state index contributed by atoms with van der Waals surface area (Å²) in [6, 6.07) is -1.35. The van der Waals surface area contributed by atoms with Crippen molar-refractivity contribution < 1.29 is 68.1 Å². The van der Waals surface area contributed by atoms with Gasteiger partial charge in [-0.2, -0.15) is 0 Å². The maximum atomic E-state index is 13.6. The van der Waals surface area contributed by atoms with Crippen LogP contribution in [0.5, 0.6) is 0 Å². The number of allylic oxidation sites excluding steroid dienone is 6. The molecule has 1 saturated carbocycles. The van der Waals surface area contributed by atoms with Gasteiger partial charge in [0, 0.05) is 44.9 Å². The number of ether oxygens (including phenoxy) is 4. The summed E-state index contributed by atoms with van der Waals surface area (Å²) in [5.74, 6) is -6.79. The van der Waals surface area contributed by atoms with Gasteiger partial charge in [0.05, 0.1) is 43.6 Å². The van der Waals surface area contributed by atoms with Crippen LogP contribution in [0.2, 0.25) is 0 Å².